The van der Waals surface area contributed by atoms with Gasteiger partial charge in [0.2, 0.25) is 0 Å². The fraction of sp³-hybridized carbons (Fsp3) is 0.250. The number of carbonyl (C=O) groups excluding carboxylic acids is 3. The van der Waals surface area contributed by atoms with E-state index < -0.39 is 18.5 Å². The molecule has 5 nitrogen and oxygen atoms in total. The average Bonchev–Trinajstić information content (AvgIpc) is 2.63. The number of halogens is 2. The molecule has 0 heterocycles. The van der Waals surface area contributed by atoms with Gasteiger partial charge in [-0.15, -0.1) is 0 Å². The van der Waals surface area contributed by atoms with Gasteiger partial charge in [-0.1, -0.05) is 47.0 Å². The number of hydrogen-bond donors (Lipinski definition) is 1. The molecule has 7 heteroatoms. The fourth-order valence-electron chi connectivity index (χ4n) is 2.39. The number of Topliss-reactive ketones (excluding diaryl/α,β-unsaturated/α-hetero) is 1. The van der Waals surface area contributed by atoms with Crippen molar-refractivity contribution >= 4 is 46.5 Å². The van der Waals surface area contributed by atoms with E-state index in [-0.39, 0.29) is 23.6 Å². The van der Waals surface area contributed by atoms with Crippen LogP contribution in [-0.4, -0.2) is 24.3 Å². The van der Waals surface area contributed by atoms with Crippen molar-refractivity contribution in [3.63, 3.8) is 0 Å². The molecule has 2 aromatic rings. The maximum atomic E-state index is 12.3. The van der Waals surface area contributed by atoms with Gasteiger partial charge in [0.05, 0.1) is 22.2 Å². The van der Waals surface area contributed by atoms with E-state index in [2.05, 4.69) is 5.32 Å². The van der Waals surface area contributed by atoms with Gasteiger partial charge in [0.15, 0.2) is 12.4 Å². The summed E-state index contributed by atoms with van der Waals surface area (Å²) < 4.78 is 4.91. The number of hydrogen-bond acceptors (Lipinski definition) is 4. The molecule has 0 spiro atoms. The largest absolute Gasteiger partial charge is 0.456 e. The van der Waals surface area contributed by atoms with E-state index in [1.165, 1.54) is 0 Å². The molecule has 2 aromatic carbocycles. The van der Waals surface area contributed by atoms with E-state index in [0.29, 0.717) is 16.3 Å². The highest BCUT2D eigenvalue weighted by Crippen LogP contribution is 2.29. The van der Waals surface area contributed by atoms with Gasteiger partial charge >= 0.3 is 5.97 Å². The Kier molecular flexibility index (Phi) is 7.39. The maximum absolute atomic E-state index is 12.3. The Balaban J connectivity index is 1.80. The Labute approximate surface area is 167 Å². The molecule has 1 N–H and O–H groups in total. The molecule has 0 bridgehead atoms. The average molecular weight is 408 g/mol. The molecule has 0 aliphatic heterocycles. The van der Waals surface area contributed by atoms with Gasteiger partial charge in [0.1, 0.15) is 0 Å². The summed E-state index contributed by atoms with van der Waals surface area (Å²) in [5.74, 6) is -1.31. The van der Waals surface area contributed by atoms with Crippen molar-refractivity contribution in [3.8, 4) is 0 Å². The number of ketones is 1. The minimum absolute atomic E-state index is 0.0187. The first-order valence-corrected chi connectivity index (χ1v) is 9.03. The number of aryl methyl sites for hydroxylation is 2. The van der Waals surface area contributed by atoms with Crippen LogP contribution in [0.3, 0.4) is 0 Å². The highest BCUT2D eigenvalue weighted by Gasteiger charge is 2.14. The summed E-state index contributed by atoms with van der Waals surface area (Å²) >= 11 is 11.8. The van der Waals surface area contributed by atoms with E-state index in [4.69, 9.17) is 27.9 Å². The zero-order valence-electron chi connectivity index (χ0n) is 15.0. The lowest BCUT2D eigenvalue weighted by Gasteiger charge is -2.09. The maximum Gasteiger partial charge on any atom is 0.306 e. The summed E-state index contributed by atoms with van der Waals surface area (Å²) in [6.07, 6.45) is -0.0811. The SMILES string of the molecule is Cc1ccc(C)c(C(=O)CCC(=O)OCC(=O)Nc2cccc(Cl)c2Cl)c1. The zero-order valence-corrected chi connectivity index (χ0v) is 16.5. The van der Waals surface area contributed by atoms with Crippen LogP contribution in [0.2, 0.25) is 10.0 Å². The number of benzene rings is 2. The van der Waals surface area contributed by atoms with Crippen molar-refractivity contribution in [2.45, 2.75) is 26.7 Å². The molecule has 0 radical (unpaired) electrons. The van der Waals surface area contributed by atoms with Crippen LogP contribution in [0.25, 0.3) is 0 Å². The number of amides is 1. The second-order valence-corrected chi connectivity index (χ2v) is 6.84. The summed E-state index contributed by atoms with van der Waals surface area (Å²) in [7, 11) is 0. The van der Waals surface area contributed by atoms with Gasteiger partial charge in [-0.3, -0.25) is 14.4 Å². The highest BCUT2D eigenvalue weighted by atomic mass is 35.5. The first-order valence-electron chi connectivity index (χ1n) is 8.28. The van der Waals surface area contributed by atoms with Crippen molar-refractivity contribution in [2.24, 2.45) is 0 Å². The number of rotatable bonds is 7. The van der Waals surface area contributed by atoms with Crippen LogP contribution in [-0.2, 0) is 14.3 Å². The second kappa shape index (κ2) is 9.53. The van der Waals surface area contributed by atoms with E-state index in [1.54, 1.807) is 24.3 Å². The number of ether oxygens (including phenoxy) is 1. The smallest absolute Gasteiger partial charge is 0.306 e. The predicted molar refractivity (Wildman–Crippen MR) is 106 cm³/mol. The van der Waals surface area contributed by atoms with Crippen molar-refractivity contribution in [3.05, 3.63) is 63.1 Å². The summed E-state index contributed by atoms with van der Waals surface area (Å²) in [5, 5.41) is 3.02. The van der Waals surface area contributed by atoms with Gasteiger partial charge in [0.25, 0.3) is 5.91 Å². The molecule has 0 atom stereocenters. The van der Waals surface area contributed by atoms with E-state index >= 15 is 0 Å². The monoisotopic (exact) mass is 407 g/mol. The predicted octanol–water partition coefficient (Wildman–Crippen LogP) is 4.76. The first kappa shape index (κ1) is 20.9. The highest BCUT2D eigenvalue weighted by molar-refractivity contribution is 6.44. The van der Waals surface area contributed by atoms with Crippen molar-refractivity contribution in [1.82, 2.24) is 0 Å². The molecule has 0 saturated carbocycles. The molecule has 27 heavy (non-hydrogen) atoms. The van der Waals surface area contributed by atoms with Crippen molar-refractivity contribution < 1.29 is 19.1 Å². The first-order chi connectivity index (χ1) is 12.8. The second-order valence-electron chi connectivity index (χ2n) is 6.05. The third-order valence-electron chi connectivity index (χ3n) is 3.84. The van der Waals surface area contributed by atoms with Crippen LogP contribution in [0.15, 0.2) is 36.4 Å². The summed E-state index contributed by atoms with van der Waals surface area (Å²) in [6, 6.07) is 10.4. The molecule has 0 aliphatic carbocycles. The molecule has 1 amide bonds. The molecule has 0 unspecified atom stereocenters. The van der Waals surface area contributed by atoms with Crippen LogP contribution in [0.1, 0.15) is 34.3 Å². The normalized spacial score (nSPS) is 10.4. The van der Waals surface area contributed by atoms with E-state index in [0.717, 1.165) is 11.1 Å². The lowest BCUT2D eigenvalue weighted by Crippen LogP contribution is -2.21. The zero-order chi connectivity index (χ0) is 20.0. The van der Waals surface area contributed by atoms with Gasteiger partial charge in [0, 0.05) is 12.0 Å². The van der Waals surface area contributed by atoms with Crippen LogP contribution in [0.4, 0.5) is 5.69 Å². The Morgan fingerprint density at radius 1 is 1.04 bits per heavy atom. The van der Waals surface area contributed by atoms with Crippen LogP contribution >= 0.6 is 23.2 Å². The van der Waals surface area contributed by atoms with E-state index in [1.807, 2.05) is 26.0 Å². The summed E-state index contributed by atoms with van der Waals surface area (Å²) in [6.45, 7) is 3.27. The van der Waals surface area contributed by atoms with E-state index in [9.17, 15) is 14.4 Å². The van der Waals surface area contributed by atoms with Crippen molar-refractivity contribution in [2.75, 3.05) is 11.9 Å². The standard InChI is InChI=1S/C20H19Cl2NO4/c1-12-6-7-13(2)14(10-12)17(24)8-9-19(26)27-11-18(25)23-16-5-3-4-15(21)20(16)22/h3-7,10H,8-9,11H2,1-2H3,(H,23,25). The topological polar surface area (TPSA) is 72.5 Å². The molecular formula is C20H19Cl2NO4. The molecule has 142 valence electrons. The molecule has 0 saturated heterocycles. The fourth-order valence-corrected chi connectivity index (χ4v) is 2.74. The molecule has 0 aliphatic rings. The lowest BCUT2D eigenvalue weighted by molar-refractivity contribution is -0.147. The molecule has 2 rings (SSSR count). The number of nitrogens with one attached hydrogen (secondary N) is 1. The minimum Gasteiger partial charge on any atom is -0.456 e. The lowest BCUT2D eigenvalue weighted by atomic mass is 9.99. The van der Waals surface area contributed by atoms with Gasteiger partial charge in [-0.05, 0) is 37.6 Å². The third kappa shape index (κ3) is 6.08. The number of anilines is 1. The Hall–Kier alpha value is -2.37. The Bertz CT molecular complexity index is 880. The van der Waals surface area contributed by atoms with Crippen LogP contribution < -0.4 is 5.32 Å². The van der Waals surface area contributed by atoms with Gasteiger partial charge in [-0.25, -0.2) is 0 Å². The Morgan fingerprint density at radius 3 is 2.52 bits per heavy atom. The van der Waals surface area contributed by atoms with Gasteiger partial charge < -0.3 is 10.1 Å². The van der Waals surface area contributed by atoms with Gasteiger partial charge in [-0.2, -0.15) is 0 Å². The number of esters is 1. The number of carbonyl (C=O) groups is 3. The summed E-state index contributed by atoms with van der Waals surface area (Å²) in [5.41, 5.74) is 2.76. The minimum atomic E-state index is -0.624. The molecule has 0 fully saturated rings. The quantitative estimate of drug-likeness (QED) is 0.530. The van der Waals surface area contributed by atoms with Crippen molar-refractivity contribution in [1.29, 1.82) is 0 Å². The van der Waals surface area contributed by atoms with Crippen LogP contribution in [0.5, 0.6) is 0 Å². The third-order valence-corrected chi connectivity index (χ3v) is 4.66. The van der Waals surface area contributed by atoms with Crippen LogP contribution in [0, 0.1) is 13.8 Å². The Morgan fingerprint density at radius 2 is 1.78 bits per heavy atom. The summed E-state index contributed by atoms with van der Waals surface area (Å²) in [4.78, 5) is 35.9. The molecular weight excluding hydrogens is 389 g/mol. The molecule has 0 aromatic heterocycles.